The first-order chi connectivity index (χ1) is 10.7. The molecule has 0 aliphatic rings. The molecule has 0 saturated carbocycles. The SMILES string of the molecule is CCOc1ccc(OCC(=O)Nc2cccc(C#N)c2)cc1. The van der Waals surface area contributed by atoms with Gasteiger partial charge in [-0.05, 0) is 49.4 Å². The van der Waals surface area contributed by atoms with E-state index in [0.29, 0.717) is 23.6 Å². The van der Waals surface area contributed by atoms with Crippen LogP contribution in [0.3, 0.4) is 0 Å². The Hall–Kier alpha value is -3.00. The molecule has 0 saturated heterocycles. The van der Waals surface area contributed by atoms with Crippen molar-refractivity contribution in [2.45, 2.75) is 6.92 Å². The fourth-order valence-electron chi connectivity index (χ4n) is 1.81. The average molecular weight is 296 g/mol. The second-order valence-corrected chi connectivity index (χ2v) is 4.43. The van der Waals surface area contributed by atoms with Crippen LogP contribution >= 0.6 is 0 Å². The predicted octanol–water partition coefficient (Wildman–Crippen LogP) is 2.97. The summed E-state index contributed by atoms with van der Waals surface area (Å²) >= 11 is 0. The summed E-state index contributed by atoms with van der Waals surface area (Å²) in [6.07, 6.45) is 0. The molecule has 0 heterocycles. The molecule has 0 aliphatic heterocycles. The lowest BCUT2D eigenvalue weighted by atomic mass is 10.2. The summed E-state index contributed by atoms with van der Waals surface area (Å²) in [6, 6.07) is 15.8. The number of carbonyl (C=O) groups excluding carboxylic acids is 1. The molecule has 0 bridgehead atoms. The summed E-state index contributed by atoms with van der Waals surface area (Å²) in [7, 11) is 0. The van der Waals surface area contributed by atoms with Crippen LogP contribution in [-0.4, -0.2) is 19.1 Å². The van der Waals surface area contributed by atoms with E-state index in [2.05, 4.69) is 5.32 Å². The summed E-state index contributed by atoms with van der Waals surface area (Å²) in [5.74, 6) is 1.06. The van der Waals surface area contributed by atoms with E-state index in [4.69, 9.17) is 14.7 Å². The van der Waals surface area contributed by atoms with Crippen LogP contribution in [0.4, 0.5) is 5.69 Å². The van der Waals surface area contributed by atoms with Crippen molar-refractivity contribution in [3.05, 3.63) is 54.1 Å². The van der Waals surface area contributed by atoms with Crippen LogP contribution in [0.2, 0.25) is 0 Å². The molecule has 0 aromatic heterocycles. The molecule has 1 amide bonds. The highest BCUT2D eigenvalue weighted by Crippen LogP contribution is 2.17. The molecule has 0 spiro atoms. The maximum atomic E-state index is 11.8. The van der Waals surface area contributed by atoms with Gasteiger partial charge in [-0.3, -0.25) is 4.79 Å². The number of hydrogen-bond acceptors (Lipinski definition) is 4. The minimum atomic E-state index is -0.288. The van der Waals surface area contributed by atoms with Crippen LogP contribution in [0.5, 0.6) is 11.5 Å². The zero-order valence-electron chi connectivity index (χ0n) is 12.2. The van der Waals surface area contributed by atoms with Gasteiger partial charge in [0, 0.05) is 5.69 Å². The van der Waals surface area contributed by atoms with Gasteiger partial charge in [0.05, 0.1) is 18.2 Å². The van der Waals surface area contributed by atoms with Crippen molar-refractivity contribution in [3.8, 4) is 17.6 Å². The van der Waals surface area contributed by atoms with Gasteiger partial charge in [-0.1, -0.05) is 6.07 Å². The van der Waals surface area contributed by atoms with Crippen LogP contribution in [-0.2, 0) is 4.79 Å². The number of anilines is 1. The number of hydrogen-bond donors (Lipinski definition) is 1. The van der Waals surface area contributed by atoms with Crippen LogP contribution in [0.25, 0.3) is 0 Å². The number of ether oxygens (including phenoxy) is 2. The molecule has 0 aliphatic carbocycles. The number of benzene rings is 2. The van der Waals surface area contributed by atoms with Crippen molar-refractivity contribution in [2.24, 2.45) is 0 Å². The number of nitrogens with zero attached hydrogens (tertiary/aromatic N) is 1. The molecule has 2 aromatic carbocycles. The topological polar surface area (TPSA) is 71.3 Å². The van der Waals surface area contributed by atoms with E-state index in [-0.39, 0.29) is 12.5 Å². The first kappa shape index (κ1) is 15.4. The minimum absolute atomic E-state index is 0.106. The van der Waals surface area contributed by atoms with Crippen LogP contribution in [0.15, 0.2) is 48.5 Å². The lowest BCUT2D eigenvalue weighted by molar-refractivity contribution is -0.118. The van der Waals surface area contributed by atoms with Crippen LogP contribution in [0, 0.1) is 11.3 Å². The second kappa shape index (κ2) is 7.70. The fraction of sp³-hybridized carbons (Fsp3) is 0.176. The van der Waals surface area contributed by atoms with E-state index in [0.717, 1.165) is 5.75 Å². The second-order valence-electron chi connectivity index (χ2n) is 4.43. The molecule has 2 rings (SSSR count). The van der Waals surface area contributed by atoms with Gasteiger partial charge >= 0.3 is 0 Å². The highest BCUT2D eigenvalue weighted by molar-refractivity contribution is 5.92. The Morgan fingerprint density at radius 3 is 2.45 bits per heavy atom. The third-order valence-electron chi connectivity index (χ3n) is 2.78. The number of amides is 1. The standard InChI is InChI=1S/C17H16N2O3/c1-2-21-15-6-8-16(9-7-15)22-12-17(20)19-14-5-3-4-13(10-14)11-18/h3-10H,2,12H2,1H3,(H,19,20). The van der Waals surface area contributed by atoms with Gasteiger partial charge in [0.2, 0.25) is 0 Å². The van der Waals surface area contributed by atoms with Gasteiger partial charge in [0.15, 0.2) is 6.61 Å². The molecule has 2 aromatic rings. The van der Waals surface area contributed by atoms with Crippen molar-refractivity contribution < 1.29 is 14.3 Å². The lowest BCUT2D eigenvalue weighted by Crippen LogP contribution is -2.20. The third-order valence-corrected chi connectivity index (χ3v) is 2.78. The van der Waals surface area contributed by atoms with Gasteiger partial charge in [-0.15, -0.1) is 0 Å². The van der Waals surface area contributed by atoms with Gasteiger partial charge in [0.1, 0.15) is 11.5 Å². The summed E-state index contributed by atoms with van der Waals surface area (Å²) < 4.78 is 10.7. The Balaban J connectivity index is 1.85. The Bertz CT molecular complexity index is 675. The zero-order valence-corrected chi connectivity index (χ0v) is 12.2. The van der Waals surface area contributed by atoms with E-state index in [1.807, 2.05) is 13.0 Å². The van der Waals surface area contributed by atoms with E-state index in [1.165, 1.54) is 0 Å². The molecular weight excluding hydrogens is 280 g/mol. The third kappa shape index (κ3) is 4.53. The Kier molecular flexibility index (Phi) is 5.38. The molecule has 0 radical (unpaired) electrons. The van der Waals surface area contributed by atoms with Gasteiger partial charge in [-0.2, -0.15) is 5.26 Å². The molecule has 1 N–H and O–H groups in total. The largest absolute Gasteiger partial charge is 0.494 e. The van der Waals surface area contributed by atoms with Crippen molar-refractivity contribution in [1.82, 2.24) is 0 Å². The quantitative estimate of drug-likeness (QED) is 0.889. The normalized spacial score (nSPS) is 9.64. The molecule has 5 nitrogen and oxygen atoms in total. The van der Waals surface area contributed by atoms with E-state index in [1.54, 1.807) is 48.5 Å². The van der Waals surface area contributed by atoms with Gasteiger partial charge < -0.3 is 14.8 Å². The average Bonchev–Trinajstić information content (AvgIpc) is 2.55. The number of carbonyl (C=O) groups is 1. The summed E-state index contributed by atoms with van der Waals surface area (Å²) in [5, 5.41) is 11.5. The Morgan fingerprint density at radius 2 is 1.82 bits per heavy atom. The monoisotopic (exact) mass is 296 g/mol. The predicted molar refractivity (Wildman–Crippen MR) is 82.9 cm³/mol. The van der Waals surface area contributed by atoms with Crippen molar-refractivity contribution in [2.75, 3.05) is 18.5 Å². The van der Waals surface area contributed by atoms with Crippen LogP contribution in [0.1, 0.15) is 12.5 Å². The highest BCUT2D eigenvalue weighted by Gasteiger charge is 2.04. The fourth-order valence-corrected chi connectivity index (χ4v) is 1.81. The van der Waals surface area contributed by atoms with E-state index in [9.17, 15) is 4.79 Å². The van der Waals surface area contributed by atoms with Crippen molar-refractivity contribution in [1.29, 1.82) is 5.26 Å². The summed E-state index contributed by atoms with van der Waals surface area (Å²) in [4.78, 5) is 11.8. The molecule has 22 heavy (non-hydrogen) atoms. The lowest BCUT2D eigenvalue weighted by Gasteiger charge is -2.08. The molecule has 0 atom stereocenters. The molecule has 5 heteroatoms. The van der Waals surface area contributed by atoms with Crippen molar-refractivity contribution >= 4 is 11.6 Å². The maximum absolute atomic E-state index is 11.8. The van der Waals surface area contributed by atoms with E-state index >= 15 is 0 Å². The molecule has 112 valence electrons. The molecule has 0 fully saturated rings. The summed E-state index contributed by atoms with van der Waals surface area (Å²) in [6.45, 7) is 2.41. The number of nitriles is 1. The smallest absolute Gasteiger partial charge is 0.262 e. The van der Waals surface area contributed by atoms with Gasteiger partial charge in [-0.25, -0.2) is 0 Å². The zero-order chi connectivity index (χ0) is 15.8. The summed E-state index contributed by atoms with van der Waals surface area (Å²) in [5.41, 5.74) is 1.06. The van der Waals surface area contributed by atoms with Crippen LogP contribution < -0.4 is 14.8 Å². The van der Waals surface area contributed by atoms with Gasteiger partial charge in [0.25, 0.3) is 5.91 Å². The first-order valence-electron chi connectivity index (χ1n) is 6.87. The number of rotatable bonds is 6. The Morgan fingerprint density at radius 1 is 1.14 bits per heavy atom. The highest BCUT2D eigenvalue weighted by atomic mass is 16.5. The number of nitrogens with one attached hydrogen (secondary N) is 1. The molecule has 0 unspecified atom stereocenters. The van der Waals surface area contributed by atoms with Crippen molar-refractivity contribution in [3.63, 3.8) is 0 Å². The van der Waals surface area contributed by atoms with E-state index < -0.39 is 0 Å². The minimum Gasteiger partial charge on any atom is -0.494 e. The maximum Gasteiger partial charge on any atom is 0.262 e. The Labute approximate surface area is 129 Å². The first-order valence-corrected chi connectivity index (χ1v) is 6.87. The molecular formula is C17H16N2O3.